The number of hydrogen-bond acceptors (Lipinski definition) is 5. The van der Waals surface area contributed by atoms with E-state index in [2.05, 4.69) is 57.7 Å². The average molecular weight is 374 g/mol. The Balaban J connectivity index is 1.94. The Morgan fingerprint density at radius 2 is 1.85 bits per heavy atom. The lowest BCUT2D eigenvalue weighted by Gasteiger charge is -2.30. The summed E-state index contributed by atoms with van der Waals surface area (Å²) in [5.74, 6) is 0. The number of aromatic nitrogens is 1. The third kappa shape index (κ3) is 4.67. The highest BCUT2D eigenvalue weighted by Crippen LogP contribution is 2.27. The fraction of sp³-hybridized carbons (Fsp3) is 0.600. The summed E-state index contributed by atoms with van der Waals surface area (Å²) in [7, 11) is 4.19. The van der Waals surface area contributed by atoms with Gasteiger partial charge in [0.25, 0.3) is 0 Å². The predicted molar refractivity (Wildman–Crippen MR) is 112 cm³/mol. The minimum absolute atomic E-state index is 0.362. The fourth-order valence-corrected chi connectivity index (χ4v) is 4.81. The van der Waals surface area contributed by atoms with E-state index < -0.39 is 0 Å². The van der Waals surface area contributed by atoms with Gasteiger partial charge in [0.1, 0.15) is 5.49 Å². The van der Waals surface area contributed by atoms with Crippen molar-refractivity contribution in [3.8, 4) is 0 Å². The van der Waals surface area contributed by atoms with Crippen molar-refractivity contribution in [3.05, 3.63) is 28.2 Å². The van der Waals surface area contributed by atoms with Crippen LogP contribution in [0, 0.1) is 0 Å². The molecular weight excluding hydrogens is 342 g/mol. The van der Waals surface area contributed by atoms with Crippen LogP contribution in [0.3, 0.4) is 0 Å². The largest absolute Gasteiger partial charge is 0.324 e. The number of hydrogen-bond donors (Lipinski definition) is 0. The van der Waals surface area contributed by atoms with Gasteiger partial charge in [-0.3, -0.25) is 9.98 Å². The van der Waals surface area contributed by atoms with Crippen molar-refractivity contribution in [2.45, 2.75) is 50.6 Å². The van der Waals surface area contributed by atoms with E-state index in [4.69, 9.17) is 4.99 Å². The molecule has 0 amide bonds. The van der Waals surface area contributed by atoms with Gasteiger partial charge in [0.15, 0.2) is 0 Å². The van der Waals surface area contributed by atoms with E-state index in [-0.39, 0.29) is 0 Å². The van der Waals surface area contributed by atoms with E-state index in [1.54, 1.807) is 12.1 Å². The van der Waals surface area contributed by atoms with Crippen molar-refractivity contribution in [1.82, 2.24) is 13.2 Å². The van der Waals surface area contributed by atoms with Gasteiger partial charge in [-0.1, -0.05) is 19.4 Å². The second-order valence-electron chi connectivity index (χ2n) is 7.41. The first kappa shape index (κ1) is 19.4. The molecule has 2 heterocycles. The van der Waals surface area contributed by atoms with Crippen molar-refractivity contribution in [2.24, 2.45) is 9.98 Å². The van der Waals surface area contributed by atoms with Crippen molar-refractivity contribution in [2.75, 3.05) is 27.2 Å². The lowest BCUT2D eigenvalue weighted by molar-refractivity contribution is 0.333. The maximum Gasteiger partial charge on any atom is 0.137 e. The van der Waals surface area contributed by atoms with Gasteiger partial charge in [0.05, 0.1) is 6.04 Å². The van der Waals surface area contributed by atoms with Crippen LogP contribution < -0.4 is 16.1 Å². The van der Waals surface area contributed by atoms with Gasteiger partial charge in [-0.25, -0.2) is 8.61 Å². The van der Waals surface area contributed by atoms with Crippen LogP contribution in [-0.2, 0) is 0 Å². The van der Waals surface area contributed by atoms with Crippen molar-refractivity contribution in [3.63, 3.8) is 0 Å². The molecule has 1 aromatic heterocycles. The molecule has 142 valence electrons. The molecule has 1 saturated carbocycles. The Bertz CT molecular complexity index is 783. The molecule has 0 atom stereocenters. The van der Waals surface area contributed by atoms with Crippen LogP contribution in [0.1, 0.15) is 44.6 Å². The van der Waals surface area contributed by atoms with Gasteiger partial charge in [0.2, 0.25) is 0 Å². The highest BCUT2D eigenvalue weighted by Gasteiger charge is 2.21. The summed E-state index contributed by atoms with van der Waals surface area (Å²) < 4.78 is 6.94. The van der Waals surface area contributed by atoms with Crippen molar-refractivity contribution >= 4 is 31.6 Å². The molecule has 0 spiro atoms. The third-order valence-electron chi connectivity index (χ3n) is 5.18. The number of pyridine rings is 1. The van der Waals surface area contributed by atoms with Gasteiger partial charge in [0, 0.05) is 48.0 Å². The van der Waals surface area contributed by atoms with Crippen molar-refractivity contribution < 1.29 is 0 Å². The monoisotopic (exact) mass is 373 g/mol. The van der Waals surface area contributed by atoms with Crippen LogP contribution in [0.4, 0.5) is 0 Å². The zero-order chi connectivity index (χ0) is 18.5. The zero-order valence-corrected chi connectivity index (χ0v) is 16.9. The number of rotatable bonds is 5. The lowest BCUT2D eigenvalue weighted by Crippen LogP contribution is -2.46. The van der Waals surface area contributed by atoms with E-state index in [9.17, 15) is 0 Å². The van der Waals surface area contributed by atoms with Crippen molar-refractivity contribution in [1.29, 1.82) is 0 Å². The summed E-state index contributed by atoms with van der Waals surface area (Å²) in [5.41, 5.74) is 1.05. The van der Waals surface area contributed by atoms with Gasteiger partial charge < -0.3 is 4.57 Å². The molecule has 2 aliphatic rings. The second-order valence-corrected chi connectivity index (χ2v) is 8.82. The maximum atomic E-state index is 5.21. The molecule has 5 nitrogen and oxygen atoms in total. The average Bonchev–Trinajstić information content (AvgIpc) is 3.13. The molecule has 0 N–H and O–H groups in total. The number of aliphatic imine (C=N–C) groups is 1. The number of nitrogens with zero attached hydrogens (tertiary/aromatic N) is 5. The van der Waals surface area contributed by atoms with Gasteiger partial charge in [-0.15, -0.1) is 0 Å². The quantitative estimate of drug-likeness (QED) is 0.585. The van der Waals surface area contributed by atoms with Gasteiger partial charge >= 0.3 is 0 Å². The number of piperidine rings is 1. The fourth-order valence-electron chi connectivity index (χ4n) is 3.98. The molecule has 0 bridgehead atoms. The highest BCUT2D eigenvalue weighted by atomic mass is 32.2. The van der Waals surface area contributed by atoms with E-state index in [1.165, 1.54) is 25.7 Å². The molecule has 3 rings (SSSR count). The van der Waals surface area contributed by atoms with Crippen LogP contribution in [-0.4, -0.2) is 53.1 Å². The Morgan fingerprint density at radius 1 is 1.15 bits per heavy atom. The summed E-state index contributed by atoms with van der Waals surface area (Å²) in [6.07, 6.45) is 9.05. The van der Waals surface area contributed by atoms with Gasteiger partial charge in [-0.2, -0.15) is 0 Å². The minimum atomic E-state index is 0.362. The Labute approximate surface area is 161 Å². The lowest BCUT2D eigenvalue weighted by atomic mass is 10.1. The first-order chi connectivity index (χ1) is 12.6. The third-order valence-corrected chi connectivity index (χ3v) is 6.10. The van der Waals surface area contributed by atoms with Crippen LogP contribution in [0.2, 0.25) is 0 Å². The maximum absolute atomic E-state index is 5.21. The summed E-state index contributed by atoms with van der Waals surface area (Å²) in [4.78, 5) is 9.23. The molecule has 1 aliphatic carbocycles. The van der Waals surface area contributed by atoms with Gasteiger partial charge in [-0.05, 0) is 58.6 Å². The molecule has 0 unspecified atom stereocenters. The normalized spacial score (nSPS) is 21.8. The molecule has 0 aromatic carbocycles. The van der Waals surface area contributed by atoms with Crippen LogP contribution in [0.5, 0.6) is 0 Å². The highest BCUT2D eigenvalue weighted by molar-refractivity contribution is 7.94. The van der Waals surface area contributed by atoms with E-state index in [1.807, 2.05) is 6.20 Å². The van der Waals surface area contributed by atoms with E-state index in [0.29, 0.717) is 12.1 Å². The smallest absolute Gasteiger partial charge is 0.137 e. The van der Waals surface area contributed by atoms with Crippen LogP contribution in [0.15, 0.2) is 22.1 Å². The topological polar surface area (TPSA) is 36.1 Å². The molecule has 1 saturated heterocycles. The molecule has 0 radical (unpaired) electrons. The molecule has 2 fully saturated rings. The van der Waals surface area contributed by atoms with Crippen LogP contribution >= 0.6 is 12.1 Å². The Kier molecular flexibility index (Phi) is 6.73. The molecule has 26 heavy (non-hydrogen) atoms. The zero-order valence-electron chi connectivity index (χ0n) is 16.1. The van der Waals surface area contributed by atoms with E-state index in [0.717, 1.165) is 42.0 Å². The summed E-state index contributed by atoms with van der Waals surface area (Å²) in [5, 5.41) is 2.11. The standard InChI is InChI=1S/C20H31N5S/c1-16-9-10-17(15-21-2)20(25(16)19-7-5-6-8-19)22-18-11-13-24(14-12-18)26-23(3)4/h9-10,15,18-19H,1-2,5-8,11-14H2,3-4H3/b17-15-,22-20?. The minimum Gasteiger partial charge on any atom is -0.324 e. The summed E-state index contributed by atoms with van der Waals surface area (Å²) >= 11 is 1.80. The SMILES string of the molecule is C=N/C=c1/ccc(=C)n(C2CCCC2)c1=NC1CCN(SN(C)C)CC1. The second kappa shape index (κ2) is 9.02. The molecule has 1 aliphatic heterocycles. The molecule has 1 aromatic rings. The predicted octanol–water partition coefficient (Wildman–Crippen LogP) is 1.94. The van der Waals surface area contributed by atoms with Crippen LogP contribution in [0.25, 0.3) is 12.8 Å². The first-order valence-electron chi connectivity index (χ1n) is 9.59. The molecule has 6 heteroatoms. The first-order valence-corrected chi connectivity index (χ1v) is 10.3. The summed E-state index contributed by atoms with van der Waals surface area (Å²) in [6.45, 7) is 10.1. The summed E-state index contributed by atoms with van der Waals surface area (Å²) in [6, 6.07) is 5.05. The Morgan fingerprint density at radius 3 is 2.46 bits per heavy atom. The molecular formula is C20H31N5S. The Hall–Kier alpha value is -1.37. The van der Waals surface area contributed by atoms with E-state index >= 15 is 0 Å².